The normalized spacial score (nSPS) is 14.5. The van der Waals surface area contributed by atoms with Crippen LogP contribution in [0.4, 0.5) is 5.88 Å². The number of hydrogen-bond donors (Lipinski definition) is 0. The summed E-state index contributed by atoms with van der Waals surface area (Å²) in [5.41, 5.74) is 3.30. The number of para-hydroxylation sites is 1. The highest BCUT2D eigenvalue weighted by Crippen LogP contribution is 2.34. The Morgan fingerprint density at radius 1 is 1.08 bits per heavy atom. The number of hydrogen-bond acceptors (Lipinski definition) is 6. The Labute approximate surface area is 223 Å². The summed E-state index contributed by atoms with van der Waals surface area (Å²) in [6.07, 6.45) is 6.47. The lowest BCUT2D eigenvalue weighted by Crippen LogP contribution is -2.23. The maximum Gasteiger partial charge on any atom is 0.282 e. The van der Waals surface area contributed by atoms with Crippen LogP contribution in [0.15, 0.2) is 62.8 Å². The highest BCUT2D eigenvalue weighted by Gasteiger charge is 2.19. The van der Waals surface area contributed by atoms with E-state index in [1.165, 1.54) is 30.4 Å². The molecule has 0 radical (unpaired) electrons. The molecule has 0 aliphatic carbocycles. The first-order valence-corrected chi connectivity index (χ1v) is 13.6. The molecule has 198 valence electrons. The summed E-state index contributed by atoms with van der Waals surface area (Å²) < 4.78 is 13.4. The van der Waals surface area contributed by atoms with E-state index in [0.717, 1.165) is 41.4 Å². The van der Waals surface area contributed by atoms with E-state index < -0.39 is 0 Å². The molecule has 1 aliphatic rings. The molecule has 2 aromatic carbocycles. The highest BCUT2D eigenvalue weighted by molar-refractivity contribution is 5.81. The smallest absolute Gasteiger partial charge is 0.282 e. The molecule has 0 unspecified atom stereocenters. The third kappa shape index (κ3) is 5.23. The zero-order valence-corrected chi connectivity index (χ0v) is 22.7. The van der Waals surface area contributed by atoms with Crippen LogP contribution in [0.5, 0.6) is 5.75 Å². The summed E-state index contributed by atoms with van der Waals surface area (Å²) in [6, 6.07) is 15.4. The molecule has 0 spiro atoms. The Hall–Kier alpha value is -3.87. The van der Waals surface area contributed by atoms with E-state index in [0.29, 0.717) is 29.1 Å². The molecule has 0 N–H and O–H groups in total. The van der Waals surface area contributed by atoms with Crippen LogP contribution in [0.3, 0.4) is 0 Å². The van der Waals surface area contributed by atoms with Gasteiger partial charge in [0.05, 0.1) is 23.7 Å². The largest absolute Gasteiger partial charge is 0.494 e. The minimum Gasteiger partial charge on any atom is -0.494 e. The zero-order valence-electron chi connectivity index (χ0n) is 22.7. The molecule has 7 heteroatoms. The molecule has 0 bridgehead atoms. The van der Waals surface area contributed by atoms with Crippen molar-refractivity contribution in [2.45, 2.75) is 59.3 Å². The van der Waals surface area contributed by atoms with E-state index in [1.54, 1.807) is 12.3 Å². The predicted octanol–water partition coefficient (Wildman–Crippen LogP) is 6.75. The van der Waals surface area contributed by atoms with E-state index in [-0.39, 0.29) is 11.5 Å². The molecular formula is C31H36N4O3. The van der Waals surface area contributed by atoms with Crippen molar-refractivity contribution in [3.63, 3.8) is 0 Å². The average Bonchev–Trinajstić information content (AvgIpc) is 3.21. The second-order valence-corrected chi connectivity index (χ2v) is 10.2. The van der Waals surface area contributed by atoms with Crippen LogP contribution in [0.2, 0.25) is 0 Å². The summed E-state index contributed by atoms with van der Waals surface area (Å²) in [4.78, 5) is 20.9. The number of nitrogens with zero attached hydrogens (tertiary/aromatic N) is 4. The van der Waals surface area contributed by atoms with Gasteiger partial charge in [0.25, 0.3) is 5.56 Å². The highest BCUT2D eigenvalue weighted by atomic mass is 16.5. The molecule has 1 fully saturated rings. The maximum absolute atomic E-state index is 13.7. The van der Waals surface area contributed by atoms with Crippen molar-refractivity contribution in [1.82, 2.24) is 9.66 Å². The van der Waals surface area contributed by atoms with Crippen molar-refractivity contribution in [2.75, 3.05) is 24.6 Å². The van der Waals surface area contributed by atoms with Gasteiger partial charge < -0.3 is 14.1 Å². The van der Waals surface area contributed by atoms with Gasteiger partial charge in [0.2, 0.25) is 0 Å². The summed E-state index contributed by atoms with van der Waals surface area (Å²) in [7, 11) is 0. The number of fused-ring (bicyclic) bond motifs is 1. The van der Waals surface area contributed by atoms with Gasteiger partial charge in [-0.2, -0.15) is 9.78 Å². The van der Waals surface area contributed by atoms with E-state index in [4.69, 9.17) is 14.1 Å². The van der Waals surface area contributed by atoms with E-state index in [2.05, 4.69) is 29.9 Å². The fourth-order valence-electron chi connectivity index (χ4n) is 5.06. The quantitative estimate of drug-likeness (QED) is 0.256. The van der Waals surface area contributed by atoms with Crippen LogP contribution in [0.25, 0.3) is 22.3 Å². The van der Waals surface area contributed by atoms with Crippen molar-refractivity contribution >= 4 is 23.0 Å². The first kappa shape index (κ1) is 25.8. The zero-order chi connectivity index (χ0) is 26.6. The van der Waals surface area contributed by atoms with Crippen molar-refractivity contribution in [1.29, 1.82) is 0 Å². The molecule has 1 saturated heterocycles. The van der Waals surface area contributed by atoms with Gasteiger partial charge in [-0.1, -0.05) is 38.8 Å². The molecule has 5 rings (SSSR count). The number of ether oxygens (including phenoxy) is 1. The third-order valence-electron chi connectivity index (χ3n) is 7.10. The lowest BCUT2D eigenvalue weighted by molar-refractivity contribution is 0.335. The first-order chi connectivity index (χ1) is 18.5. The number of furan rings is 1. The summed E-state index contributed by atoms with van der Waals surface area (Å²) in [5, 5.41) is 5.15. The van der Waals surface area contributed by atoms with Gasteiger partial charge in [-0.3, -0.25) is 4.79 Å². The van der Waals surface area contributed by atoms with Crippen LogP contribution in [0, 0.1) is 6.92 Å². The fraction of sp³-hybridized carbons (Fsp3) is 0.387. The summed E-state index contributed by atoms with van der Waals surface area (Å²) in [5.74, 6) is 3.04. The topological polar surface area (TPSA) is 72.9 Å². The van der Waals surface area contributed by atoms with Crippen LogP contribution >= 0.6 is 0 Å². The van der Waals surface area contributed by atoms with Gasteiger partial charge in [0.15, 0.2) is 11.7 Å². The van der Waals surface area contributed by atoms with Crippen LogP contribution in [-0.2, 0) is 0 Å². The molecule has 0 saturated carbocycles. The Balaban J connectivity index is 1.60. The van der Waals surface area contributed by atoms with Crippen molar-refractivity contribution < 1.29 is 9.15 Å². The maximum atomic E-state index is 13.7. The van der Waals surface area contributed by atoms with E-state index >= 15 is 0 Å². The number of anilines is 1. The monoisotopic (exact) mass is 512 g/mol. The molecule has 1 aliphatic heterocycles. The number of rotatable bonds is 7. The van der Waals surface area contributed by atoms with Gasteiger partial charge in [-0.25, -0.2) is 4.98 Å². The molecule has 7 nitrogen and oxygen atoms in total. The van der Waals surface area contributed by atoms with E-state index in [9.17, 15) is 4.79 Å². The average molecular weight is 513 g/mol. The lowest BCUT2D eigenvalue weighted by atomic mass is 9.96. The van der Waals surface area contributed by atoms with Gasteiger partial charge in [0.1, 0.15) is 11.5 Å². The van der Waals surface area contributed by atoms with Gasteiger partial charge in [0, 0.05) is 24.7 Å². The molecule has 3 heterocycles. The SMILES string of the molecule is CCOc1cc(C)c(-c2nc3ccccc3c(=O)n2N=Cc2ccc(N3CCCCCC3)o2)cc1C(C)C. The number of aryl methyl sites for hydroxylation is 1. The number of aromatic nitrogens is 2. The lowest BCUT2D eigenvalue weighted by Gasteiger charge is -2.18. The van der Waals surface area contributed by atoms with Crippen molar-refractivity contribution in [3.05, 3.63) is 75.8 Å². The van der Waals surface area contributed by atoms with Crippen LogP contribution in [0.1, 0.15) is 69.3 Å². The Kier molecular flexibility index (Phi) is 7.63. The Morgan fingerprint density at radius 2 is 1.84 bits per heavy atom. The number of benzene rings is 2. The fourth-order valence-corrected chi connectivity index (χ4v) is 5.06. The minimum absolute atomic E-state index is 0.222. The molecule has 0 atom stereocenters. The molecule has 4 aromatic rings. The second kappa shape index (κ2) is 11.3. The van der Waals surface area contributed by atoms with Crippen molar-refractivity contribution in [3.8, 4) is 17.1 Å². The molecule has 38 heavy (non-hydrogen) atoms. The second-order valence-electron chi connectivity index (χ2n) is 10.2. The predicted molar refractivity (Wildman–Crippen MR) is 154 cm³/mol. The van der Waals surface area contributed by atoms with E-state index in [1.807, 2.05) is 50.2 Å². The molecular weight excluding hydrogens is 476 g/mol. The Bertz CT molecular complexity index is 1510. The standard InChI is InChI=1S/C31H36N4O3/c1-5-37-28-18-22(4)26(19-25(28)21(2)3)30-33-27-13-9-8-12-24(27)31(36)35(30)32-20-23-14-15-29(38-23)34-16-10-6-7-11-17-34/h8-9,12-15,18-21H,5-7,10-11,16-17H2,1-4H3. The Morgan fingerprint density at radius 3 is 2.58 bits per heavy atom. The van der Waals surface area contributed by atoms with Crippen LogP contribution in [-0.4, -0.2) is 35.6 Å². The first-order valence-electron chi connectivity index (χ1n) is 13.6. The van der Waals surface area contributed by atoms with Gasteiger partial charge in [-0.05, 0) is 74.1 Å². The van der Waals surface area contributed by atoms with Gasteiger partial charge in [-0.15, -0.1) is 0 Å². The van der Waals surface area contributed by atoms with Gasteiger partial charge >= 0.3 is 0 Å². The van der Waals surface area contributed by atoms with Crippen molar-refractivity contribution in [2.24, 2.45) is 5.10 Å². The molecule has 2 aromatic heterocycles. The molecule has 0 amide bonds. The summed E-state index contributed by atoms with van der Waals surface area (Å²) in [6.45, 7) is 10.8. The minimum atomic E-state index is -0.222. The summed E-state index contributed by atoms with van der Waals surface area (Å²) >= 11 is 0. The third-order valence-corrected chi connectivity index (χ3v) is 7.10. The van der Waals surface area contributed by atoms with Crippen LogP contribution < -0.4 is 15.2 Å².